The summed E-state index contributed by atoms with van der Waals surface area (Å²) < 4.78 is 68.3. The second kappa shape index (κ2) is 13.3. The van der Waals surface area contributed by atoms with E-state index in [-0.39, 0.29) is 11.6 Å². The number of ether oxygens (including phenoxy) is 2. The van der Waals surface area contributed by atoms with E-state index >= 15 is 0 Å². The van der Waals surface area contributed by atoms with Crippen molar-refractivity contribution >= 4 is 12.2 Å². The molecule has 2 fully saturated rings. The number of carbonyl (C=O) groups excluding carboxylic acids is 2. The Hall–Kier alpha value is -5.32. The molecular weight excluding hydrogens is 680 g/mol. The molecule has 6 rings (SSSR count). The molecule has 2 N–H and O–H groups in total. The van der Waals surface area contributed by atoms with Crippen LogP contribution in [-0.4, -0.2) is 78.1 Å². The molecule has 0 spiro atoms. The molecule has 0 aliphatic carbocycles. The van der Waals surface area contributed by atoms with Gasteiger partial charge in [-0.2, -0.15) is 0 Å². The van der Waals surface area contributed by atoms with Crippen LogP contribution in [0.1, 0.15) is 89.2 Å². The van der Waals surface area contributed by atoms with Crippen LogP contribution in [0.25, 0.3) is 22.5 Å². The van der Waals surface area contributed by atoms with Gasteiger partial charge in [-0.3, -0.25) is 9.80 Å². The van der Waals surface area contributed by atoms with Gasteiger partial charge < -0.3 is 19.4 Å². The molecule has 0 unspecified atom stereocenters. The lowest BCUT2D eigenvalue weighted by Crippen LogP contribution is -2.38. The van der Waals surface area contributed by atoms with E-state index in [1.54, 1.807) is 53.9 Å². The smallest absolute Gasteiger partial charge is 0.411 e. The molecule has 0 radical (unpaired) electrons. The number of nitrogens with one attached hydrogen (secondary N) is 2. The highest BCUT2D eigenvalue weighted by Crippen LogP contribution is 2.42. The zero-order valence-electron chi connectivity index (χ0n) is 29.7. The number of nitrogens with zero attached hydrogens (tertiary/aromatic N) is 4. The first-order chi connectivity index (χ1) is 24.2. The van der Waals surface area contributed by atoms with Crippen molar-refractivity contribution in [2.24, 2.45) is 0 Å². The molecule has 2 aromatic carbocycles. The number of aromatic nitrogens is 4. The highest BCUT2D eigenvalue weighted by atomic mass is 19.3. The Morgan fingerprint density at radius 3 is 1.35 bits per heavy atom. The Morgan fingerprint density at radius 2 is 1.02 bits per heavy atom. The predicted molar refractivity (Wildman–Crippen MR) is 185 cm³/mol. The monoisotopic (exact) mass is 720 g/mol. The third-order valence-corrected chi connectivity index (χ3v) is 8.36. The Balaban J connectivity index is 1.10. The van der Waals surface area contributed by atoms with Crippen molar-refractivity contribution in [3.8, 4) is 34.4 Å². The molecule has 0 saturated carbocycles. The molecule has 14 heteroatoms. The number of halogens is 4. The number of imidazole rings is 2. The molecule has 4 heterocycles. The van der Waals surface area contributed by atoms with Gasteiger partial charge in [0.05, 0.1) is 49.0 Å². The standard InChI is InChI=1S/C38H40F4N6O4/c1-35(2,3)51-33(49)47-21-37(39,40)17-29(47)31-43-19-27(45-31)25-13-9-23(10-14-25)7-8-24-11-15-26(16-12-24)28-20-44-32(46-28)30-18-38(41,42)22-48(30)34(50)52-36(4,5)6/h9-16,19-20,29-30H,17-18,21-22H2,1-6H3,(H,43,45)(H,44,46)/t29-,30-/m0/s1. The maximum Gasteiger partial charge on any atom is 0.411 e. The molecule has 2 aliphatic rings. The van der Waals surface area contributed by atoms with E-state index in [0.29, 0.717) is 11.4 Å². The Morgan fingerprint density at radius 1 is 0.673 bits per heavy atom. The second-order valence-electron chi connectivity index (χ2n) is 15.1. The van der Waals surface area contributed by atoms with Crippen molar-refractivity contribution in [1.82, 2.24) is 29.7 Å². The number of carbonyl (C=O) groups is 2. The Labute approximate surface area is 298 Å². The number of likely N-dealkylation sites (tertiary alicyclic amines) is 2. The van der Waals surface area contributed by atoms with Crippen molar-refractivity contribution in [2.45, 2.75) is 89.5 Å². The highest BCUT2D eigenvalue weighted by molar-refractivity contribution is 5.70. The van der Waals surface area contributed by atoms with E-state index in [1.165, 1.54) is 0 Å². The molecular formula is C38H40F4N6O4. The molecule has 0 bridgehead atoms. The molecule has 2 saturated heterocycles. The van der Waals surface area contributed by atoms with Crippen molar-refractivity contribution in [3.05, 3.63) is 83.7 Å². The molecule has 10 nitrogen and oxygen atoms in total. The van der Waals surface area contributed by atoms with E-state index < -0.39 is 73.2 Å². The number of aromatic amines is 2. The fourth-order valence-corrected chi connectivity index (χ4v) is 6.06. The minimum Gasteiger partial charge on any atom is -0.444 e. The fraction of sp³-hybridized carbons (Fsp3) is 0.421. The second-order valence-corrected chi connectivity index (χ2v) is 15.1. The van der Waals surface area contributed by atoms with Gasteiger partial charge in [0.25, 0.3) is 11.8 Å². The number of H-pyrrole nitrogens is 2. The van der Waals surface area contributed by atoms with Crippen LogP contribution in [0, 0.1) is 11.8 Å². The first-order valence-corrected chi connectivity index (χ1v) is 16.8. The van der Waals surface area contributed by atoms with Gasteiger partial charge in [-0.15, -0.1) is 0 Å². The molecule has 274 valence electrons. The zero-order valence-corrected chi connectivity index (χ0v) is 29.7. The number of rotatable bonds is 4. The number of alkyl halides is 4. The largest absolute Gasteiger partial charge is 0.444 e. The van der Waals surface area contributed by atoms with Crippen molar-refractivity contribution in [2.75, 3.05) is 13.1 Å². The number of benzene rings is 2. The van der Waals surface area contributed by atoms with E-state index in [9.17, 15) is 27.2 Å². The number of hydrogen-bond acceptors (Lipinski definition) is 6. The zero-order chi connectivity index (χ0) is 37.6. The number of hydrogen-bond donors (Lipinski definition) is 2. The summed E-state index contributed by atoms with van der Waals surface area (Å²) in [5, 5.41) is 0. The maximum atomic E-state index is 14.4. The van der Waals surface area contributed by atoms with Crippen molar-refractivity contribution < 1.29 is 36.6 Å². The summed E-state index contributed by atoms with van der Waals surface area (Å²) in [7, 11) is 0. The molecule has 52 heavy (non-hydrogen) atoms. The van der Waals surface area contributed by atoms with Gasteiger partial charge in [0.2, 0.25) is 0 Å². The van der Waals surface area contributed by atoms with Crippen LogP contribution in [-0.2, 0) is 9.47 Å². The lowest BCUT2D eigenvalue weighted by Gasteiger charge is -2.27. The van der Waals surface area contributed by atoms with Crippen LogP contribution in [0.5, 0.6) is 0 Å². The fourth-order valence-electron chi connectivity index (χ4n) is 6.06. The van der Waals surface area contributed by atoms with E-state index in [1.807, 2.05) is 48.5 Å². The van der Waals surface area contributed by atoms with Crippen LogP contribution in [0.4, 0.5) is 27.2 Å². The molecule has 2 amide bonds. The van der Waals surface area contributed by atoms with Gasteiger partial charge >= 0.3 is 12.2 Å². The third kappa shape index (κ3) is 8.58. The van der Waals surface area contributed by atoms with E-state index in [0.717, 1.165) is 32.1 Å². The summed E-state index contributed by atoms with van der Waals surface area (Å²) in [6.07, 6.45) is 0.335. The van der Waals surface area contributed by atoms with Gasteiger partial charge in [-0.25, -0.2) is 37.1 Å². The summed E-state index contributed by atoms with van der Waals surface area (Å²) >= 11 is 0. The van der Waals surface area contributed by atoms with Gasteiger partial charge in [0, 0.05) is 24.0 Å². The molecule has 2 aromatic heterocycles. The molecule has 2 aliphatic heterocycles. The van der Waals surface area contributed by atoms with Crippen LogP contribution < -0.4 is 0 Å². The minimum absolute atomic E-state index is 0.250. The van der Waals surface area contributed by atoms with Gasteiger partial charge in [0.1, 0.15) is 22.9 Å². The minimum atomic E-state index is -3.07. The van der Waals surface area contributed by atoms with Crippen LogP contribution in [0.15, 0.2) is 60.9 Å². The highest BCUT2D eigenvalue weighted by Gasteiger charge is 2.51. The van der Waals surface area contributed by atoms with Crippen molar-refractivity contribution in [3.63, 3.8) is 0 Å². The summed E-state index contributed by atoms with van der Waals surface area (Å²) in [6.45, 7) is 8.58. The Kier molecular flexibility index (Phi) is 9.36. The lowest BCUT2D eigenvalue weighted by atomic mass is 10.1. The predicted octanol–water partition coefficient (Wildman–Crippen LogP) is 8.50. The third-order valence-electron chi connectivity index (χ3n) is 8.36. The molecule has 4 aromatic rings. The lowest BCUT2D eigenvalue weighted by molar-refractivity contribution is -0.00248. The van der Waals surface area contributed by atoms with Crippen LogP contribution >= 0.6 is 0 Å². The van der Waals surface area contributed by atoms with Gasteiger partial charge in [-0.05, 0) is 76.9 Å². The topological polar surface area (TPSA) is 116 Å². The summed E-state index contributed by atoms with van der Waals surface area (Å²) in [5.74, 6) is 0.600. The van der Waals surface area contributed by atoms with Crippen LogP contribution in [0.3, 0.4) is 0 Å². The van der Waals surface area contributed by atoms with Gasteiger partial charge in [-0.1, -0.05) is 36.1 Å². The maximum absolute atomic E-state index is 14.4. The average molecular weight is 721 g/mol. The summed E-state index contributed by atoms with van der Waals surface area (Å²) in [6, 6.07) is 12.7. The van der Waals surface area contributed by atoms with Crippen molar-refractivity contribution in [1.29, 1.82) is 0 Å². The first kappa shape index (κ1) is 36.5. The van der Waals surface area contributed by atoms with Gasteiger partial charge in [0.15, 0.2) is 0 Å². The summed E-state index contributed by atoms with van der Waals surface area (Å²) in [5.41, 5.74) is 2.54. The van der Waals surface area contributed by atoms with E-state index in [4.69, 9.17) is 9.47 Å². The average Bonchev–Trinajstić information content (AvgIpc) is 3.84. The van der Waals surface area contributed by atoms with Crippen LogP contribution in [0.2, 0.25) is 0 Å². The Bertz CT molecular complexity index is 1860. The molecule has 2 atom stereocenters. The summed E-state index contributed by atoms with van der Waals surface area (Å²) in [4.78, 5) is 42.3. The normalized spacial score (nSPS) is 19.7. The number of amides is 2. The first-order valence-electron chi connectivity index (χ1n) is 16.8. The SMILES string of the molecule is CC(C)(C)OC(=O)N1CC(F)(F)C[C@H]1c1ncc(-c2ccc(C#Cc3ccc(-c4cnc([C@@H]5CC(F)(F)CN5C(=O)OC(C)(C)C)[nH]4)cc3)cc2)[nH]1. The quantitative estimate of drug-likeness (QED) is 0.161. The van der Waals surface area contributed by atoms with E-state index in [2.05, 4.69) is 31.8 Å².